The zero-order chi connectivity index (χ0) is 14.0. The molecule has 0 aliphatic heterocycles. The number of benzene rings is 1. The highest BCUT2D eigenvalue weighted by atomic mass is 16.6. The summed E-state index contributed by atoms with van der Waals surface area (Å²) in [5, 5.41) is 19.6. The van der Waals surface area contributed by atoms with Gasteiger partial charge in [-0.1, -0.05) is 0 Å². The molecule has 1 fully saturated rings. The van der Waals surface area contributed by atoms with Crippen LogP contribution in [0.5, 0.6) is 0 Å². The lowest BCUT2D eigenvalue weighted by Gasteiger charge is -2.21. The summed E-state index contributed by atoms with van der Waals surface area (Å²) in [6, 6.07) is 4.10. The molecule has 0 heterocycles. The summed E-state index contributed by atoms with van der Waals surface area (Å²) in [5.74, 6) is -0.252. The highest BCUT2D eigenvalue weighted by molar-refractivity contribution is 5.96. The van der Waals surface area contributed by atoms with E-state index in [1.165, 1.54) is 18.2 Å². The van der Waals surface area contributed by atoms with Crippen molar-refractivity contribution in [2.24, 2.45) is 0 Å². The van der Waals surface area contributed by atoms with Gasteiger partial charge in [0.25, 0.3) is 11.6 Å². The van der Waals surface area contributed by atoms with E-state index >= 15 is 0 Å². The first-order valence-electron chi connectivity index (χ1n) is 6.00. The zero-order valence-corrected chi connectivity index (χ0v) is 10.3. The Balaban J connectivity index is 2.23. The number of carbonyl (C=O) groups excluding carboxylic acids is 1. The van der Waals surface area contributed by atoms with Crippen molar-refractivity contribution in [3.05, 3.63) is 33.9 Å². The van der Waals surface area contributed by atoms with Gasteiger partial charge in [0, 0.05) is 24.2 Å². The normalized spacial score (nSPS) is 14.2. The fourth-order valence-electron chi connectivity index (χ4n) is 1.96. The van der Waals surface area contributed by atoms with Gasteiger partial charge in [0.2, 0.25) is 0 Å². The van der Waals surface area contributed by atoms with Crippen LogP contribution >= 0.6 is 0 Å². The van der Waals surface area contributed by atoms with E-state index in [0.717, 1.165) is 12.8 Å². The lowest BCUT2D eigenvalue weighted by Crippen LogP contribution is -2.35. The molecule has 0 atom stereocenters. The lowest BCUT2D eigenvalue weighted by molar-refractivity contribution is -0.383. The molecule has 0 unspecified atom stereocenters. The summed E-state index contributed by atoms with van der Waals surface area (Å²) >= 11 is 0. The predicted octanol–water partition coefficient (Wildman–Crippen LogP) is 0.774. The highest BCUT2D eigenvalue weighted by Gasteiger charge is 2.32. The Morgan fingerprint density at radius 3 is 2.68 bits per heavy atom. The van der Waals surface area contributed by atoms with Crippen LogP contribution in [0.4, 0.5) is 11.4 Å². The van der Waals surface area contributed by atoms with Crippen molar-refractivity contribution in [1.82, 2.24) is 4.90 Å². The first kappa shape index (κ1) is 13.3. The molecule has 102 valence electrons. The van der Waals surface area contributed by atoms with E-state index in [0.29, 0.717) is 5.56 Å². The number of nitrogen functional groups attached to an aromatic ring is 1. The molecular formula is C12H15N3O4. The Morgan fingerprint density at radius 2 is 2.21 bits per heavy atom. The van der Waals surface area contributed by atoms with Gasteiger partial charge >= 0.3 is 0 Å². The number of nitro benzene ring substituents is 1. The molecule has 0 saturated heterocycles. The molecule has 0 aromatic heterocycles. The van der Waals surface area contributed by atoms with Gasteiger partial charge in [-0.2, -0.15) is 0 Å². The highest BCUT2D eigenvalue weighted by Crippen LogP contribution is 2.29. The average molecular weight is 265 g/mol. The van der Waals surface area contributed by atoms with Crippen LogP contribution in [0.15, 0.2) is 18.2 Å². The maximum Gasteiger partial charge on any atom is 0.292 e. The first-order chi connectivity index (χ1) is 9.04. The Kier molecular flexibility index (Phi) is 3.66. The van der Waals surface area contributed by atoms with E-state index in [2.05, 4.69) is 0 Å². The van der Waals surface area contributed by atoms with Crippen LogP contribution in [-0.2, 0) is 0 Å². The van der Waals surface area contributed by atoms with E-state index < -0.39 is 4.92 Å². The average Bonchev–Trinajstić information content (AvgIpc) is 3.18. The second-order valence-electron chi connectivity index (χ2n) is 4.48. The van der Waals surface area contributed by atoms with Crippen molar-refractivity contribution >= 4 is 17.3 Å². The molecule has 2 rings (SSSR count). The van der Waals surface area contributed by atoms with Crippen LogP contribution in [0.1, 0.15) is 23.2 Å². The Labute approximate surface area is 109 Å². The molecular weight excluding hydrogens is 250 g/mol. The molecule has 1 amide bonds. The minimum absolute atomic E-state index is 0.0319. The number of anilines is 1. The van der Waals surface area contributed by atoms with Gasteiger partial charge in [0.1, 0.15) is 5.69 Å². The first-order valence-corrected chi connectivity index (χ1v) is 6.00. The number of hydrogen-bond acceptors (Lipinski definition) is 5. The fourth-order valence-corrected chi connectivity index (χ4v) is 1.96. The van der Waals surface area contributed by atoms with E-state index in [9.17, 15) is 14.9 Å². The largest absolute Gasteiger partial charge is 0.395 e. The Bertz CT molecular complexity index is 514. The van der Waals surface area contributed by atoms with Crippen molar-refractivity contribution < 1.29 is 14.8 Å². The number of aliphatic hydroxyl groups is 1. The molecule has 7 heteroatoms. The summed E-state index contributed by atoms with van der Waals surface area (Å²) in [5.41, 5.74) is 5.63. The van der Waals surface area contributed by atoms with Gasteiger partial charge in [0.05, 0.1) is 11.5 Å². The maximum atomic E-state index is 12.2. The molecule has 19 heavy (non-hydrogen) atoms. The van der Waals surface area contributed by atoms with Gasteiger partial charge in [-0.25, -0.2) is 0 Å². The summed E-state index contributed by atoms with van der Waals surface area (Å²) in [6.45, 7) is 0.158. The third kappa shape index (κ3) is 2.82. The van der Waals surface area contributed by atoms with Crippen molar-refractivity contribution in [1.29, 1.82) is 0 Å². The predicted molar refractivity (Wildman–Crippen MR) is 68.7 cm³/mol. The molecule has 1 aromatic rings. The van der Waals surface area contributed by atoms with E-state index in [1.807, 2.05) is 0 Å². The molecule has 1 aromatic carbocycles. The number of rotatable bonds is 5. The van der Waals surface area contributed by atoms with E-state index in [1.54, 1.807) is 4.90 Å². The fraction of sp³-hybridized carbons (Fsp3) is 0.417. The van der Waals surface area contributed by atoms with Gasteiger partial charge in [-0.15, -0.1) is 0 Å². The maximum absolute atomic E-state index is 12.2. The molecule has 3 N–H and O–H groups in total. The zero-order valence-electron chi connectivity index (χ0n) is 10.3. The molecule has 0 spiro atoms. The number of nitro groups is 1. The number of hydrogen-bond donors (Lipinski definition) is 2. The van der Waals surface area contributed by atoms with Gasteiger partial charge in [0.15, 0.2) is 0 Å². The standard InChI is InChI=1S/C12H15N3O4/c13-10-7-8(1-4-11(10)15(18)19)12(17)14(5-6-16)9-2-3-9/h1,4,7,9,16H,2-3,5-6,13H2. The monoisotopic (exact) mass is 265 g/mol. The molecule has 0 bridgehead atoms. The number of amides is 1. The van der Waals surface area contributed by atoms with Crippen LogP contribution in [0.2, 0.25) is 0 Å². The van der Waals surface area contributed by atoms with Crippen molar-refractivity contribution in [2.45, 2.75) is 18.9 Å². The van der Waals surface area contributed by atoms with Crippen molar-refractivity contribution in [3.63, 3.8) is 0 Å². The van der Waals surface area contributed by atoms with Crippen molar-refractivity contribution in [2.75, 3.05) is 18.9 Å². The van der Waals surface area contributed by atoms with Crippen LogP contribution in [0.25, 0.3) is 0 Å². The van der Waals surface area contributed by atoms with Crippen LogP contribution < -0.4 is 5.73 Å². The number of nitrogens with zero attached hydrogens (tertiary/aromatic N) is 2. The van der Waals surface area contributed by atoms with E-state index in [-0.39, 0.29) is 36.5 Å². The molecule has 1 saturated carbocycles. The second kappa shape index (κ2) is 5.23. The minimum Gasteiger partial charge on any atom is -0.395 e. The molecule has 0 radical (unpaired) electrons. The third-order valence-electron chi connectivity index (χ3n) is 3.06. The summed E-state index contributed by atoms with van der Waals surface area (Å²) in [7, 11) is 0. The molecule has 7 nitrogen and oxygen atoms in total. The number of aliphatic hydroxyl groups excluding tert-OH is 1. The summed E-state index contributed by atoms with van der Waals surface area (Å²) < 4.78 is 0. The topological polar surface area (TPSA) is 110 Å². The van der Waals surface area contributed by atoms with E-state index in [4.69, 9.17) is 10.8 Å². The number of carbonyl (C=O) groups is 1. The minimum atomic E-state index is -0.587. The molecule has 1 aliphatic rings. The van der Waals surface area contributed by atoms with Crippen LogP contribution in [0, 0.1) is 10.1 Å². The Hall–Kier alpha value is -2.15. The summed E-state index contributed by atoms with van der Waals surface area (Å²) in [4.78, 5) is 23.9. The van der Waals surface area contributed by atoms with Crippen LogP contribution in [0.3, 0.4) is 0 Å². The van der Waals surface area contributed by atoms with Gasteiger partial charge in [-0.3, -0.25) is 14.9 Å². The van der Waals surface area contributed by atoms with Crippen molar-refractivity contribution in [3.8, 4) is 0 Å². The SMILES string of the molecule is Nc1cc(C(=O)N(CCO)C2CC2)ccc1[N+](=O)[O-]. The quantitative estimate of drug-likeness (QED) is 0.464. The number of nitrogens with two attached hydrogens (primary N) is 1. The third-order valence-corrected chi connectivity index (χ3v) is 3.06. The smallest absolute Gasteiger partial charge is 0.292 e. The molecule has 1 aliphatic carbocycles. The van der Waals surface area contributed by atoms with Gasteiger partial charge < -0.3 is 15.7 Å². The summed E-state index contributed by atoms with van der Waals surface area (Å²) in [6.07, 6.45) is 1.85. The van der Waals surface area contributed by atoms with Crippen LogP contribution in [-0.4, -0.2) is 40.0 Å². The Morgan fingerprint density at radius 1 is 1.53 bits per heavy atom. The second-order valence-corrected chi connectivity index (χ2v) is 4.48. The van der Waals surface area contributed by atoms with Gasteiger partial charge in [-0.05, 0) is 25.0 Å². The lowest BCUT2D eigenvalue weighted by atomic mass is 10.1.